The predicted octanol–water partition coefficient (Wildman–Crippen LogP) is 3.02. The van der Waals surface area contributed by atoms with Gasteiger partial charge in [-0.25, -0.2) is 9.59 Å². The Morgan fingerprint density at radius 2 is 1.68 bits per heavy atom. The first kappa shape index (κ1) is 15.3. The second kappa shape index (κ2) is 6.58. The highest BCUT2D eigenvalue weighted by atomic mass is 16.5. The number of rotatable bonds is 5. The Labute approximate surface area is 127 Å². The van der Waals surface area contributed by atoms with Crippen LogP contribution in [0, 0.1) is 0 Å². The van der Waals surface area contributed by atoms with Crippen LogP contribution in [0.3, 0.4) is 0 Å². The molecule has 0 unspecified atom stereocenters. The van der Waals surface area contributed by atoms with Crippen molar-refractivity contribution in [2.24, 2.45) is 0 Å². The number of carbonyl (C=O) groups is 2. The minimum Gasteiger partial charge on any atom is -0.497 e. The molecule has 22 heavy (non-hydrogen) atoms. The summed E-state index contributed by atoms with van der Waals surface area (Å²) in [5.74, 6) is -1.54. The Morgan fingerprint density at radius 1 is 1.00 bits per heavy atom. The van der Waals surface area contributed by atoms with Crippen LogP contribution in [0.2, 0.25) is 0 Å². The van der Waals surface area contributed by atoms with Gasteiger partial charge in [0.25, 0.3) is 0 Å². The van der Waals surface area contributed by atoms with Crippen LogP contribution in [0.15, 0.2) is 48.5 Å². The highest BCUT2D eigenvalue weighted by Gasteiger charge is 2.11. The van der Waals surface area contributed by atoms with Crippen LogP contribution < -0.4 is 4.74 Å². The van der Waals surface area contributed by atoms with Crippen LogP contribution in [0.25, 0.3) is 11.6 Å². The molecule has 2 N–H and O–H groups in total. The van der Waals surface area contributed by atoms with Gasteiger partial charge in [-0.3, -0.25) is 0 Å². The highest BCUT2D eigenvalue weighted by Crippen LogP contribution is 2.23. The fourth-order valence-corrected chi connectivity index (χ4v) is 1.95. The van der Waals surface area contributed by atoms with Crippen molar-refractivity contribution in [3.05, 3.63) is 65.2 Å². The van der Waals surface area contributed by atoms with Crippen LogP contribution in [-0.4, -0.2) is 29.3 Å². The molecule has 0 fully saturated rings. The number of carboxylic acid groups (broad SMARTS) is 2. The summed E-state index contributed by atoms with van der Waals surface area (Å²) in [4.78, 5) is 22.3. The summed E-state index contributed by atoms with van der Waals surface area (Å²) in [6.07, 6.45) is 1.49. The van der Waals surface area contributed by atoms with E-state index in [0.29, 0.717) is 16.9 Å². The van der Waals surface area contributed by atoms with Crippen LogP contribution >= 0.6 is 0 Å². The third-order valence-electron chi connectivity index (χ3n) is 3.08. The molecule has 2 aromatic rings. The van der Waals surface area contributed by atoms with E-state index in [-0.39, 0.29) is 11.1 Å². The van der Waals surface area contributed by atoms with E-state index in [4.69, 9.17) is 9.84 Å². The smallest absolute Gasteiger partial charge is 0.336 e. The molecule has 0 aromatic heterocycles. The number of benzene rings is 2. The molecule has 0 atom stereocenters. The first-order valence-electron chi connectivity index (χ1n) is 6.44. The average molecular weight is 298 g/mol. The number of hydrogen-bond acceptors (Lipinski definition) is 3. The third-order valence-corrected chi connectivity index (χ3v) is 3.08. The molecular weight excluding hydrogens is 284 g/mol. The van der Waals surface area contributed by atoms with E-state index in [1.165, 1.54) is 25.3 Å². The van der Waals surface area contributed by atoms with Crippen molar-refractivity contribution in [1.82, 2.24) is 0 Å². The van der Waals surface area contributed by atoms with E-state index in [2.05, 4.69) is 0 Å². The molecule has 0 saturated carbocycles. The lowest BCUT2D eigenvalue weighted by atomic mass is 10.0. The molecule has 0 heterocycles. The third kappa shape index (κ3) is 3.52. The molecule has 5 nitrogen and oxygen atoms in total. The van der Waals surface area contributed by atoms with Crippen LogP contribution in [0.4, 0.5) is 0 Å². The van der Waals surface area contributed by atoms with Crippen molar-refractivity contribution < 1.29 is 24.5 Å². The van der Waals surface area contributed by atoms with Gasteiger partial charge in [0.2, 0.25) is 0 Å². The van der Waals surface area contributed by atoms with Crippen molar-refractivity contribution in [1.29, 1.82) is 0 Å². The Morgan fingerprint density at radius 3 is 2.23 bits per heavy atom. The molecule has 0 aliphatic carbocycles. The van der Waals surface area contributed by atoms with Crippen molar-refractivity contribution >= 4 is 23.6 Å². The number of aromatic carboxylic acids is 1. The zero-order valence-electron chi connectivity index (χ0n) is 11.8. The number of methoxy groups -OCH3 is 1. The highest BCUT2D eigenvalue weighted by molar-refractivity contribution is 6.20. The molecule has 0 saturated heterocycles. The molecule has 2 rings (SSSR count). The summed E-state index contributed by atoms with van der Waals surface area (Å²) in [7, 11) is 1.51. The van der Waals surface area contributed by atoms with Gasteiger partial charge in [0.1, 0.15) is 5.75 Å². The standard InChI is InChI=1S/C17H14O5/c1-22-14-4-2-3-13(10-14)15(17(20)21)9-11-5-7-12(8-6-11)16(18)19/h2-10H,1H3,(H,18,19)(H,20,21)/b15-9-. The summed E-state index contributed by atoms with van der Waals surface area (Å²) in [5, 5.41) is 18.2. The lowest BCUT2D eigenvalue weighted by Gasteiger charge is -2.06. The van der Waals surface area contributed by atoms with Crippen molar-refractivity contribution in [3.63, 3.8) is 0 Å². The fraction of sp³-hybridized carbons (Fsp3) is 0.0588. The molecule has 2 aromatic carbocycles. The van der Waals surface area contributed by atoms with Crippen LogP contribution in [-0.2, 0) is 4.79 Å². The fourth-order valence-electron chi connectivity index (χ4n) is 1.95. The second-order valence-corrected chi connectivity index (χ2v) is 4.52. The van der Waals surface area contributed by atoms with Crippen molar-refractivity contribution in [2.75, 3.05) is 7.11 Å². The molecule has 0 aliphatic heterocycles. The second-order valence-electron chi connectivity index (χ2n) is 4.52. The SMILES string of the molecule is COc1cccc(/C(=C/c2ccc(C(=O)O)cc2)C(=O)O)c1. The maximum absolute atomic E-state index is 11.5. The van der Waals surface area contributed by atoms with Gasteiger partial charge in [-0.15, -0.1) is 0 Å². The maximum Gasteiger partial charge on any atom is 0.336 e. The van der Waals surface area contributed by atoms with E-state index in [1.807, 2.05) is 0 Å². The number of aliphatic carboxylic acids is 1. The zero-order valence-corrected chi connectivity index (χ0v) is 11.8. The van der Waals surface area contributed by atoms with Gasteiger partial charge in [-0.2, -0.15) is 0 Å². The minimum atomic E-state index is -1.07. The quantitative estimate of drug-likeness (QED) is 0.655. The summed E-state index contributed by atoms with van der Waals surface area (Å²) in [5.41, 5.74) is 1.36. The predicted molar refractivity (Wildman–Crippen MR) is 81.9 cm³/mol. The number of carboxylic acids is 2. The summed E-state index contributed by atoms with van der Waals surface area (Å²) in [6, 6.07) is 12.7. The lowest BCUT2D eigenvalue weighted by molar-refractivity contribution is -0.130. The molecular formula is C17H14O5. The van der Waals surface area contributed by atoms with E-state index in [0.717, 1.165) is 0 Å². The Bertz CT molecular complexity index is 729. The van der Waals surface area contributed by atoms with Crippen molar-refractivity contribution in [2.45, 2.75) is 0 Å². The molecule has 0 spiro atoms. The zero-order chi connectivity index (χ0) is 16.1. The lowest BCUT2D eigenvalue weighted by Crippen LogP contribution is -2.00. The van der Waals surface area contributed by atoms with Crippen LogP contribution in [0.5, 0.6) is 5.75 Å². The Balaban J connectivity index is 2.42. The normalized spacial score (nSPS) is 11.0. The van der Waals surface area contributed by atoms with Crippen LogP contribution in [0.1, 0.15) is 21.5 Å². The van der Waals surface area contributed by atoms with E-state index in [1.54, 1.807) is 36.4 Å². The summed E-state index contributed by atoms with van der Waals surface area (Å²) < 4.78 is 5.09. The van der Waals surface area contributed by atoms with E-state index in [9.17, 15) is 14.7 Å². The first-order valence-corrected chi connectivity index (χ1v) is 6.44. The van der Waals surface area contributed by atoms with Gasteiger partial charge < -0.3 is 14.9 Å². The van der Waals surface area contributed by atoms with E-state index >= 15 is 0 Å². The largest absolute Gasteiger partial charge is 0.497 e. The van der Waals surface area contributed by atoms with Gasteiger partial charge in [0.15, 0.2) is 0 Å². The molecule has 0 radical (unpaired) electrons. The monoisotopic (exact) mass is 298 g/mol. The topological polar surface area (TPSA) is 83.8 Å². The molecule has 0 amide bonds. The van der Waals surface area contributed by atoms with Gasteiger partial charge in [-0.1, -0.05) is 24.3 Å². The molecule has 0 aliphatic rings. The minimum absolute atomic E-state index is 0.0991. The summed E-state index contributed by atoms with van der Waals surface area (Å²) in [6.45, 7) is 0. The van der Waals surface area contributed by atoms with Gasteiger partial charge in [0, 0.05) is 0 Å². The van der Waals surface area contributed by atoms with Gasteiger partial charge in [0.05, 0.1) is 18.2 Å². The maximum atomic E-state index is 11.5. The Kier molecular flexibility index (Phi) is 4.58. The molecule has 5 heteroatoms. The molecule has 0 bridgehead atoms. The Hall–Kier alpha value is -3.08. The summed E-state index contributed by atoms with van der Waals surface area (Å²) >= 11 is 0. The average Bonchev–Trinajstić information content (AvgIpc) is 2.52. The van der Waals surface area contributed by atoms with Crippen molar-refractivity contribution in [3.8, 4) is 5.75 Å². The van der Waals surface area contributed by atoms with Gasteiger partial charge >= 0.3 is 11.9 Å². The number of hydrogen-bond donors (Lipinski definition) is 2. The first-order chi connectivity index (χ1) is 10.5. The van der Waals surface area contributed by atoms with Gasteiger partial charge in [-0.05, 0) is 41.5 Å². The van der Waals surface area contributed by atoms with E-state index < -0.39 is 11.9 Å². The molecule has 112 valence electrons. The number of ether oxygens (including phenoxy) is 1.